The highest BCUT2D eigenvalue weighted by atomic mass is 16.2. The predicted molar refractivity (Wildman–Crippen MR) is 65.2 cm³/mol. The number of nitrogens with zero attached hydrogens (tertiary/aromatic N) is 1. The summed E-state index contributed by atoms with van der Waals surface area (Å²) in [7, 11) is 0. The Morgan fingerprint density at radius 1 is 1.29 bits per heavy atom. The lowest BCUT2D eigenvalue weighted by Crippen LogP contribution is -2.42. The van der Waals surface area contributed by atoms with Crippen molar-refractivity contribution in [2.75, 3.05) is 12.3 Å². The van der Waals surface area contributed by atoms with Gasteiger partial charge in [0.2, 0.25) is 11.8 Å². The first kappa shape index (κ1) is 11.6. The number of nitrogen functional groups attached to an aromatic ring is 1. The SMILES string of the molecule is CCN1C(=O)CC(c2cccc(N)c2)CC1=O. The molecule has 0 aliphatic carbocycles. The number of nitrogens with two attached hydrogens (primary N) is 1. The Morgan fingerprint density at radius 2 is 1.94 bits per heavy atom. The number of anilines is 1. The Balaban J connectivity index is 2.20. The van der Waals surface area contributed by atoms with E-state index in [9.17, 15) is 9.59 Å². The molecule has 0 bridgehead atoms. The lowest BCUT2D eigenvalue weighted by Gasteiger charge is -2.29. The van der Waals surface area contributed by atoms with E-state index < -0.39 is 0 Å². The van der Waals surface area contributed by atoms with E-state index in [2.05, 4.69) is 0 Å². The van der Waals surface area contributed by atoms with Crippen molar-refractivity contribution in [3.63, 3.8) is 0 Å². The molecule has 0 atom stereocenters. The minimum atomic E-state index is -0.0869. The second kappa shape index (κ2) is 4.57. The number of hydrogen-bond acceptors (Lipinski definition) is 3. The highest BCUT2D eigenvalue weighted by molar-refractivity contribution is 5.98. The van der Waals surface area contributed by atoms with Gasteiger partial charge in [-0.2, -0.15) is 0 Å². The van der Waals surface area contributed by atoms with Crippen molar-refractivity contribution in [1.29, 1.82) is 0 Å². The molecule has 1 aromatic carbocycles. The molecule has 1 aliphatic heterocycles. The number of likely N-dealkylation sites (tertiary alicyclic amines) is 1. The molecule has 90 valence electrons. The van der Waals surface area contributed by atoms with Gasteiger partial charge >= 0.3 is 0 Å². The van der Waals surface area contributed by atoms with Crippen LogP contribution in [0.4, 0.5) is 5.69 Å². The van der Waals surface area contributed by atoms with Crippen molar-refractivity contribution < 1.29 is 9.59 Å². The first-order valence-electron chi connectivity index (χ1n) is 5.80. The largest absolute Gasteiger partial charge is 0.399 e. The Labute approximate surface area is 100 Å². The maximum atomic E-state index is 11.8. The topological polar surface area (TPSA) is 63.4 Å². The van der Waals surface area contributed by atoms with Crippen LogP contribution in [0.15, 0.2) is 24.3 Å². The van der Waals surface area contributed by atoms with Crippen LogP contribution in [-0.2, 0) is 9.59 Å². The Kier molecular flexibility index (Phi) is 3.13. The monoisotopic (exact) mass is 232 g/mol. The Bertz CT molecular complexity index is 438. The zero-order valence-electron chi connectivity index (χ0n) is 9.85. The highest BCUT2D eigenvalue weighted by Gasteiger charge is 2.32. The van der Waals surface area contributed by atoms with Crippen molar-refractivity contribution in [2.45, 2.75) is 25.7 Å². The van der Waals surface area contributed by atoms with Crippen LogP contribution in [0.2, 0.25) is 0 Å². The summed E-state index contributed by atoms with van der Waals surface area (Å²) in [6.45, 7) is 2.28. The second-order valence-electron chi connectivity index (χ2n) is 4.31. The number of imide groups is 1. The average Bonchev–Trinajstić information content (AvgIpc) is 2.28. The maximum absolute atomic E-state index is 11.8. The van der Waals surface area contributed by atoms with E-state index in [1.807, 2.05) is 25.1 Å². The quantitative estimate of drug-likeness (QED) is 0.621. The van der Waals surface area contributed by atoms with Crippen LogP contribution in [0.5, 0.6) is 0 Å². The fraction of sp³-hybridized carbons (Fsp3) is 0.385. The van der Waals surface area contributed by atoms with Crippen molar-refractivity contribution in [3.05, 3.63) is 29.8 Å². The second-order valence-corrected chi connectivity index (χ2v) is 4.31. The van der Waals surface area contributed by atoms with Gasteiger partial charge in [0.15, 0.2) is 0 Å². The minimum absolute atomic E-state index is 0.0266. The molecule has 1 fully saturated rings. The van der Waals surface area contributed by atoms with E-state index in [0.717, 1.165) is 5.56 Å². The molecule has 4 heteroatoms. The molecule has 1 heterocycles. The van der Waals surface area contributed by atoms with Crippen LogP contribution in [-0.4, -0.2) is 23.3 Å². The van der Waals surface area contributed by atoms with Gasteiger partial charge in [0.1, 0.15) is 0 Å². The molecule has 2 N–H and O–H groups in total. The van der Waals surface area contributed by atoms with Gasteiger partial charge in [-0.25, -0.2) is 0 Å². The number of piperidine rings is 1. The summed E-state index contributed by atoms with van der Waals surface area (Å²) < 4.78 is 0. The molecule has 0 radical (unpaired) electrons. The highest BCUT2D eigenvalue weighted by Crippen LogP contribution is 2.30. The normalized spacial score (nSPS) is 17.6. The fourth-order valence-electron chi connectivity index (χ4n) is 2.25. The lowest BCUT2D eigenvalue weighted by atomic mass is 9.88. The Hall–Kier alpha value is -1.84. The molecule has 1 aromatic rings. The molecule has 0 aromatic heterocycles. The molecule has 0 spiro atoms. The minimum Gasteiger partial charge on any atom is -0.399 e. The van der Waals surface area contributed by atoms with E-state index in [0.29, 0.717) is 25.1 Å². The molecule has 1 aliphatic rings. The standard InChI is InChI=1S/C13H16N2O2/c1-2-15-12(16)7-10(8-13(15)17)9-4-3-5-11(14)6-9/h3-6,10H,2,7-8,14H2,1H3. The number of hydrogen-bond donors (Lipinski definition) is 1. The maximum Gasteiger partial charge on any atom is 0.229 e. The van der Waals surface area contributed by atoms with Crippen molar-refractivity contribution >= 4 is 17.5 Å². The van der Waals surface area contributed by atoms with Gasteiger partial charge in [0, 0.05) is 31.0 Å². The van der Waals surface area contributed by atoms with Crippen molar-refractivity contribution in [3.8, 4) is 0 Å². The van der Waals surface area contributed by atoms with Gasteiger partial charge in [0.05, 0.1) is 0 Å². The molecule has 2 amide bonds. The van der Waals surface area contributed by atoms with Crippen LogP contribution < -0.4 is 5.73 Å². The molecular weight excluding hydrogens is 216 g/mol. The summed E-state index contributed by atoms with van der Waals surface area (Å²) >= 11 is 0. The average molecular weight is 232 g/mol. The van der Waals surface area contributed by atoms with Crippen LogP contribution in [0.3, 0.4) is 0 Å². The number of benzene rings is 1. The molecular formula is C13H16N2O2. The third-order valence-electron chi connectivity index (χ3n) is 3.14. The summed E-state index contributed by atoms with van der Waals surface area (Å²) in [5.41, 5.74) is 7.35. The molecule has 0 unspecified atom stereocenters. The fourth-order valence-corrected chi connectivity index (χ4v) is 2.25. The van der Waals surface area contributed by atoms with E-state index in [4.69, 9.17) is 5.73 Å². The summed E-state index contributed by atoms with van der Waals surface area (Å²) in [6, 6.07) is 7.41. The van der Waals surface area contributed by atoms with Crippen LogP contribution >= 0.6 is 0 Å². The van der Waals surface area contributed by atoms with Gasteiger partial charge in [-0.15, -0.1) is 0 Å². The van der Waals surface area contributed by atoms with Crippen LogP contribution in [0.1, 0.15) is 31.2 Å². The lowest BCUT2D eigenvalue weighted by molar-refractivity contribution is -0.148. The first-order chi connectivity index (χ1) is 8.11. The molecule has 2 rings (SSSR count). The van der Waals surface area contributed by atoms with Crippen LogP contribution in [0, 0.1) is 0 Å². The Morgan fingerprint density at radius 3 is 2.47 bits per heavy atom. The molecule has 4 nitrogen and oxygen atoms in total. The van der Waals surface area contributed by atoms with Crippen molar-refractivity contribution in [2.24, 2.45) is 0 Å². The number of amides is 2. The number of carbonyl (C=O) groups is 2. The number of carbonyl (C=O) groups excluding carboxylic acids is 2. The third kappa shape index (κ3) is 2.30. The van der Waals surface area contributed by atoms with Crippen LogP contribution in [0.25, 0.3) is 0 Å². The summed E-state index contributed by atoms with van der Waals surface area (Å²) in [5, 5.41) is 0. The summed E-state index contributed by atoms with van der Waals surface area (Å²) in [5.74, 6) is -0.200. The van der Waals surface area contributed by atoms with E-state index in [1.165, 1.54) is 4.90 Å². The molecule has 17 heavy (non-hydrogen) atoms. The zero-order valence-corrected chi connectivity index (χ0v) is 9.85. The number of rotatable bonds is 2. The van der Waals surface area contributed by atoms with Gasteiger partial charge in [-0.3, -0.25) is 14.5 Å². The summed E-state index contributed by atoms with van der Waals surface area (Å²) in [4.78, 5) is 24.9. The van der Waals surface area contributed by atoms with Crippen molar-refractivity contribution in [1.82, 2.24) is 4.90 Å². The van der Waals surface area contributed by atoms with Gasteiger partial charge in [0.25, 0.3) is 0 Å². The van der Waals surface area contributed by atoms with E-state index >= 15 is 0 Å². The van der Waals surface area contributed by atoms with E-state index in [1.54, 1.807) is 6.07 Å². The molecule has 1 saturated heterocycles. The third-order valence-corrected chi connectivity index (χ3v) is 3.14. The van der Waals surface area contributed by atoms with Gasteiger partial charge in [-0.1, -0.05) is 12.1 Å². The van der Waals surface area contributed by atoms with Gasteiger partial charge in [-0.05, 0) is 24.6 Å². The summed E-state index contributed by atoms with van der Waals surface area (Å²) in [6.07, 6.45) is 0.784. The van der Waals surface area contributed by atoms with E-state index in [-0.39, 0.29) is 17.7 Å². The zero-order chi connectivity index (χ0) is 12.4. The molecule has 0 saturated carbocycles. The first-order valence-corrected chi connectivity index (χ1v) is 5.80. The smallest absolute Gasteiger partial charge is 0.229 e. The van der Waals surface area contributed by atoms with Gasteiger partial charge < -0.3 is 5.73 Å². The predicted octanol–water partition coefficient (Wildman–Crippen LogP) is 1.52.